The Bertz CT molecular complexity index is 755. The molecule has 1 aromatic rings. The second-order valence-electron chi connectivity index (χ2n) is 5.57. The third kappa shape index (κ3) is 4.05. The van der Waals surface area contributed by atoms with Gasteiger partial charge in [-0.3, -0.25) is 19.3 Å². The van der Waals surface area contributed by atoms with Crippen LogP contribution < -0.4 is 5.32 Å². The smallest absolute Gasteiger partial charge is 0.294 e. The lowest BCUT2D eigenvalue weighted by molar-refractivity contribution is -0.129. The summed E-state index contributed by atoms with van der Waals surface area (Å²) in [4.78, 5) is 37.3. The van der Waals surface area contributed by atoms with Crippen LogP contribution in [-0.4, -0.2) is 57.3 Å². The monoisotopic (exact) mass is 382 g/mol. The van der Waals surface area contributed by atoms with Crippen LogP contribution in [0, 0.1) is 5.82 Å². The van der Waals surface area contributed by atoms with Gasteiger partial charge in [0.1, 0.15) is 12.4 Å². The maximum Gasteiger partial charge on any atom is 0.294 e. The van der Waals surface area contributed by atoms with Crippen LogP contribution in [0.3, 0.4) is 0 Å². The Kier molecular flexibility index (Phi) is 5.45. The van der Waals surface area contributed by atoms with Gasteiger partial charge in [0.15, 0.2) is 0 Å². The maximum atomic E-state index is 13.7. The Hall–Kier alpha value is -1.84. The zero-order chi connectivity index (χ0) is 18.0. The van der Waals surface area contributed by atoms with Crippen molar-refractivity contribution in [1.29, 1.82) is 0 Å². The first-order chi connectivity index (χ1) is 12.0. The summed E-state index contributed by atoms with van der Waals surface area (Å²) in [6, 6.07) is 5.52. The first kappa shape index (κ1) is 18.0. The van der Waals surface area contributed by atoms with Crippen molar-refractivity contribution in [2.24, 2.45) is 0 Å². The molecular weight excluding hydrogens is 367 g/mol. The highest BCUT2D eigenvalue weighted by Crippen LogP contribution is 2.32. The van der Waals surface area contributed by atoms with E-state index >= 15 is 0 Å². The number of benzene rings is 1. The minimum Gasteiger partial charge on any atom is -0.390 e. The fourth-order valence-electron chi connectivity index (χ4n) is 2.45. The lowest BCUT2D eigenvalue weighted by Gasteiger charge is -2.18. The lowest BCUT2D eigenvalue weighted by atomic mass is 10.2. The van der Waals surface area contributed by atoms with Crippen LogP contribution in [0.15, 0.2) is 29.2 Å². The molecule has 2 aliphatic rings. The molecule has 0 aliphatic carbocycles. The Morgan fingerprint density at radius 2 is 2.12 bits per heavy atom. The Morgan fingerprint density at radius 1 is 1.36 bits per heavy atom. The molecule has 132 valence electrons. The van der Waals surface area contributed by atoms with Crippen molar-refractivity contribution < 1.29 is 23.9 Å². The number of aliphatic hydroxyl groups is 1. The van der Waals surface area contributed by atoms with Gasteiger partial charge in [-0.05, 0) is 23.9 Å². The van der Waals surface area contributed by atoms with E-state index in [4.69, 9.17) is 0 Å². The van der Waals surface area contributed by atoms with E-state index in [1.165, 1.54) is 36.0 Å². The van der Waals surface area contributed by atoms with Crippen LogP contribution in [0.2, 0.25) is 0 Å². The van der Waals surface area contributed by atoms with Crippen molar-refractivity contribution in [3.05, 3.63) is 40.6 Å². The molecule has 2 heterocycles. The largest absolute Gasteiger partial charge is 0.390 e. The number of nitrogens with one attached hydrogen (secondary N) is 1. The summed E-state index contributed by atoms with van der Waals surface area (Å²) in [7, 11) is 0. The zero-order valence-corrected chi connectivity index (χ0v) is 14.6. The number of hydrogen-bond acceptors (Lipinski definition) is 6. The van der Waals surface area contributed by atoms with Crippen LogP contribution in [0.1, 0.15) is 5.56 Å². The summed E-state index contributed by atoms with van der Waals surface area (Å²) < 4.78 is 13.7. The van der Waals surface area contributed by atoms with Gasteiger partial charge < -0.3 is 10.4 Å². The Balaban J connectivity index is 1.67. The molecule has 1 aromatic carbocycles. The van der Waals surface area contributed by atoms with E-state index < -0.39 is 35.5 Å². The standard InChI is InChI=1S/C16H15FN2O4S2/c17-10-4-2-1-3-9(10)5-13-15(22)19(16(23)25-13)6-14(21)18-11-7-24-8-12(11)20/h1-5,11-12,20H,6-8H2,(H,18,21)/b13-5-/t11-,12+/m1/s1. The molecule has 3 rings (SSSR count). The second kappa shape index (κ2) is 7.59. The highest BCUT2D eigenvalue weighted by Gasteiger charge is 2.37. The number of hydrogen-bond donors (Lipinski definition) is 2. The van der Waals surface area contributed by atoms with E-state index in [0.717, 1.165) is 4.90 Å². The number of rotatable bonds is 4. The fraction of sp³-hybridized carbons (Fsp3) is 0.312. The molecule has 6 nitrogen and oxygen atoms in total. The Morgan fingerprint density at radius 3 is 2.80 bits per heavy atom. The summed E-state index contributed by atoms with van der Waals surface area (Å²) in [6.07, 6.45) is 0.667. The predicted octanol–water partition coefficient (Wildman–Crippen LogP) is 1.45. The van der Waals surface area contributed by atoms with E-state index in [9.17, 15) is 23.9 Å². The summed E-state index contributed by atoms with van der Waals surface area (Å²) in [5.41, 5.74) is 0.198. The SMILES string of the molecule is O=C(CN1C(=O)S/C(=C\c2ccccc2F)C1=O)N[C@@H]1CSC[C@@H]1O. The van der Waals surface area contributed by atoms with E-state index in [2.05, 4.69) is 5.32 Å². The normalized spacial score (nSPS) is 25.0. The first-order valence-electron chi connectivity index (χ1n) is 7.51. The lowest BCUT2D eigenvalue weighted by Crippen LogP contribution is -2.47. The highest BCUT2D eigenvalue weighted by molar-refractivity contribution is 8.18. The van der Waals surface area contributed by atoms with Gasteiger partial charge in [0.2, 0.25) is 5.91 Å². The third-order valence-electron chi connectivity index (χ3n) is 3.76. The van der Waals surface area contributed by atoms with Crippen molar-refractivity contribution >= 4 is 46.7 Å². The highest BCUT2D eigenvalue weighted by atomic mass is 32.2. The minimum atomic E-state index is -0.634. The van der Waals surface area contributed by atoms with Crippen molar-refractivity contribution in [3.8, 4) is 0 Å². The average molecular weight is 382 g/mol. The number of imide groups is 1. The van der Waals surface area contributed by atoms with Crippen LogP contribution in [-0.2, 0) is 9.59 Å². The molecular formula is C16H15FN2O4S2. The second-order valence-corrected chi connectivity index (χ2v) is 7.64. The van der Waals surface area contributed by atoms with Gasteiger partial charge in [0.05, 0.1) is 17.1 Å². The van der Waals surface area contributed by atoms with Gasteiger partial charge in [0.25, 0.3) is 11.1 Å². The van der Waals surface area contributed by atoms with E-state index in [1.807, 2.05) is 0 Å². The molecule has 25 heavy (non-hydrogen) atoms. The number of thioether (sulfide) groups is 2. The van der Waals surface area contributed by atoms with E-state index in [1.54, 1.807) is 6.07 Å². The van der Waals surface area contributed by atoms with Gasteiger partial charge in [-0.25, -0.2) is 4.39 Å². The molecule has 2 atom stereocenters. The molecule has 2 aliphatic heterocycles. The number of nitrogens with zero attached hydrogens (tertiary/aromatic N) is 1. The van der Waals surface area contributed by atoms with Crippen molar-refractivity contribution in [1.82, 2.24) is 10.2 Å². The van der Waals surface area contributed by atoms with Crippen LogP contribution >= 0.6 is 23.5 Å². The summed E-state index contributed by atoms with van der Waals surface area (Å²) in [5, 5.41) is 11.7. The molecule has 2 fully saturated rings. The number of amides is 3. The van der Waals surface area contributed by atoms with Crippen LogP contribution in [0.5, 0.6) is 0 Å². The van der Waals surface area contributed by atoms with Crippen LogP contribution in [0.4, 0.5) is 9.18 Å². The van der Waals surface area contributed by atoms with Crippen molar-refractivity contribution in [2.75, 3.05) is 18.1 Å². The molecule has 0 unspecified atom stereocenters. The van der Waals surface area contributed by atoms with Gasteiger partial charge in [-0.2, -0.15) is 11.8 Å². The summed E-state index contributed by atoms with van der Waals surface area (Å²) in [5.74, 6) is -0.518. The zero-order valence-electron chi connectivity index (χ0n) is 13.0. The Labute approximate surface area is 151 Å². The molecule has 2 saturated heterocycles. The molecule has 0 radical (unpaired) electrons. The number of halogens is 1. The fourth-order valence-corrected chi connectivity index (χ4v) is 4.45. The van der Waals surface area contributed by atoms with Gasteiger partial charge >= 0.3 is 0 Å². The molecule has 3 amide bonds. The van der Waals surface area contributed by atoms with E-state index in [0.29, 0.717) is 23.3 Å². The van der Waals surface area contributed by atoms with Gasteiger partial charge in [0, 0.05) is 17.1 Å². The maximum absolute atomic E-state index is 13.7. The number of carbonyl (C=O) groups is 3. The van der Waals surface area contributed by atoms with Gasteiger partial charge in [-0.1, -0.05) is 18.2 Å². The number of aliphatic hydroxyl groups excluding tert-OH is 1. The van der Waals surface area contributed by atoms with Crippen molar-refractivity contribution in [2.45, 2.75) is 12.1 Å². The average Bonchev–Trinajstić information content (AvgIpc) is 3.08. The molecule has 0 spiro atoms. The topological polar surface area (TPSA) is 86.7 Å². The first-order valence-corrected chi connectivity index (χ1v) is 9.48. The molecule has 0 saturated carbocycles. The summed E-state index contributed by atoms with van der Waals surface area (Å²) >= 11 is 2.19. The molecule has 9 heteroatoms. The van der Waals surface area contributed by atoms with E-state index in [-0.39, 0.29) is 16.5 Å². The molecule has 2 N–H and O–H groups in total. The predicted molar refractivity (Wildman–Crippen MR) is 94.3 cm³/mol. The van der Waals surface area contributed by atoms with Gasteiger partial charge in [-0.15, -0.1) is 0 Å². The quantitative estimate of drug-likeness (QED) is 0.767. The number of carbonyl (C=O) groups excluding carboxylic acids is 3. The summed E-state index contributed by atoms with van der Waals surface area (Å²) in [6.45, 7) is -0.423. The third-order valence-corrected chi connectivity index (χ3v) is 5.84. The molecule has 0 bridgehead atoms. The molecule has 0 aromatic heterocycles. The van der Waals surface area contributed by atoms with Crippen molar-refractivity contribution in [3.63, 3.8) is 0 Å². The van der Waals surface area contributed by atoms with Crippen LogP contribution in [0.25, 0.3) is 6.08 Å². The minimum absolute atomic E-state index is 0.0688.